The zero-order valence-corrected chi connectivity index (χ0v) is 11.5. The highest BCUT2D eigenvalue weighted by Gasteiger charge is 2.15. The van der Waals surface area contributed by atoms with Gasteiger partial charge in [-0.1, -0.05) is 37.6 Å². The number of hydrogen-bond acceptors (Lipinski definition) is 0. The third-order valence-electron chi connectivity index (χ3n) is 3.03. The third kappa shape index (κ3) is 2.41. The predicted octanol–water partition coefficient (Wildman–Crippen LogP) is 5.38. The molecule has 0 bridgehead atoms. The van der Waals surface area contributed by atoms with Crippen LogP contribution in [0.25, 0.3) is 11.1 Å². The summed E-state index contributed by atoms with van der Waals surface area (Å²) in [4.78, 5) is 0. The molecule has 2 aromatic carbocycles. The Hall–Kier alpha value is -1.34. The first kappa shape index (κ1) is 13.1. The van der Waals surface area contributed by atoms with Crippen LogP contribution in [0, 0.1) is 18.8 Å². The molecule has 2 rings (SSSR count). The summed E-state index contributed by atoms with van der Waals surface area (Å²) in [6, 6.07) is 11.5. The summed E-state index contributed by atoms with van der Waals surface area (Å²) in [5, 5.41) is 0.718. The average Bonchev–Trinajstić information content (AvgIpc) is 2.32. The van der Waals surface area contributed by atoms with Crippen molar-refractivity contribution in [2.45, 2.75) is 26.7 Å². The molecule has 2 heteroatoms. The van der Waals surface area contributed by atoms with Crippen LogP contribution in [0.1, 0.15) is 30.9 Å². The maximum atomic E-state index is 13.0. The van der Waals surface area contributed by atoms with Crippen LogP contribution in [0.4, 0.5) is 4.39 Å². The van der Waals surface area contributed by atoms with Crippen LogP contribution in [0.5, 0.6) is 0 Å². The lowest BCUT2D eigenvalue weighted by Gasteiger charge is -2.17. The van der Waals surface area contributed by atoms with Crippen molar-refractivity contribution in [2.75, 3.05) is 0 Å². The van der Waals surface area contributed by atoms with Crippen LogP contribution in [0.2, 0.25) is 5.02 Å². The number of rotatable bonds is 2. The molecule has 0 aliphatic heterocycles. The molecule has 0 aromatic heterocycles. The number of benzene rings is 2. The standard InChI is InChI=1S/C16H15ClF/c1-10(2)15-14(17)9-4-11(3)16(15)12-5-7-13(18)8-6-12/h5-10H,1-3H3. The first-order chi connectivity index (χ1) is 8.50. The topological polar surface area (TPSA) is 0 Å². The van der Waals surface area contributed by atoms with E-state index < -0.39 is 0 Å². The molecular weight excluding hydrogens is 247 g/mol. The van der Waals surface area contributed by atoms with E-state index in [0.717, 1.165) is 27.3 Å². The van der Waals surface area contributed by atoms with Crippen LogP contribution in [0.15, 0.2) is 30.3 Å². The van der Waals surface area contributed by atoms with E-state index >= 15 is 0 Å². The van der Waals surface area contributed by atoms with Crippen LogP contribution >= 0.6 is 11.6 Å². The van der Waals surface area contributed by atoms with Gasteiger partial charge < -0.3 is 0 Å². The highest BCUT2D eigenvalue weighted by Crippen LogP contribution is 2.36. The molecule has 0 spiro atoms. The Labute approximate surface area is 112 Å². The van der Waals surface area contributed by atoms with E-state index in [-0.39, 0.29) is 5.82 Å². The highest BCUT2D eigenvalue weighted by atomic mass is 35.5. The molecule has 0 N–H and O–H groups in total. The van der Waals surface area contributed by atoms with Gasteiger partial charge in [0.05, 0.1) is 0 Å². The summed E-state index contributed by atoms with van der Waals surface area (Å²) in [7, 11) is 0. The van der Waals surface area contributed by atoms with Crippen LogP contribution in [0.3, 0.4) is 0 Å². The third-order valence-corrected chi connectivity index (χ3v) is 3.34. The van der Waals surface area contributed by atoms with Crippen LogP contribution in [-0.2, 0) is 0 Å². The number of aryl methyl sites for hydroxylation is 1. The van der Waals surface area contributed by atoms with E-state index in [4.69, 9.17) is 11.6 Å². The molecule has 2 aromatic rings. The molecule has 1 radical (unpaired) electrons. The fourth-order valence-corrected chi connectivity index (χ4v) is 2.56. The Morgan fingerprint density at radius 3 is 2.33 bits per heavy atom. The summed E-state index contributed by atoms with van der Waals surface area (Å²) >= 11 is 6.27. The first-order valence-electron chi connectivity index (χ1n) is 5.97. The fraction of sp³-hybridized carbons (Fsp3) is 0.250. The van der Waals surface area contributed by atoms with E-state index in [0.29, 0.717) is 5.92 Å². The maximum absolute atomic E-state index is 13.0. The minimum atomic E-state index is -0.228. The Morgan fingerprint density at radius 1 is 1.17 bits per heavy atom. The number of hydrogen-bond donors (Lipinski definition) is 0. The van der Waals surface area contributed by atoms with Crippen molar-refractivity contribution in [3.05, 3.63) is 58.4 Å². The van der Waals surface area contributed by atoms with E-state index in [1.54, 1.807) is 18.2 Å². The smallest absolute Gasteiger partial charge is 0.123 e. The van der Waals surface area contributed by atoms with Crippen molar-refractivity contribution in [1.82, 2.24) is 0 Å². The van der Waals surface area contributed by atoms with Gasteiger partial charge in [0.15, 0.2) is 0 Å². The summed E-state index contributed by atoms with van der Waals surface area (Å²) in [5.41, 5.74) is 4.18. The second-order valence-corrected chi connectivity index (χ2v) is 5.12. The average molecular weight is 262 g/mol. The molecule has 0 heterocycles. The summed E-state index contributed by atoms with van der Waals surface area (Å²) < 4.78 is 13.0. The summed E-state index contributed by atoms with van der Waals surface area (Å²) in [6.45, 7) is 6.21. The van der Waals surface area contributed by atoms with Gasteiger partial charge in [-0.15, -0.1) is 0 Å². The quantitative estimate of drug-likeness (QED) is 0.681. The molecular formula is C16H15ClF. The Balaban J connectivity index is 2.69. The fourth-order valence-electron chi connectivity index (χ4n) is 2.20. The Bertz CT molecular complexity index is 556. The molecule has 0 amide bonds. The molecule has 0 saturated carbocycles. The molecule has 0 saturated heterocycles. The Kier molecular flexibility index (Phi) is 3.72. The molecule has 0 fully saturated rings. The summed E-state index contributed by atoms with van der Waals surface area (Å²) in [6.07, 6.45) is 0. The van der Waals surface area contributed by atoms with E-state index in [2.05, 4.69) is 19.9 Å². The van der Waals surface area contributed by atoms with Gasteiger partial charge in [-0.2, -0.15) is 0 Å². The van der Waals surface area contributed by atoms with Gasteiger partial charge in [-0.05, 0) is 59.4 Å². The molecule has 0 atom stereocenters. The highest BCUT2D eigenvalue weighted by molar-refractivity contribution is 6.31. The van der Waals surface area contributed by atoms with Gasteiger partial charge in [0.25, 0.3) is 0 Å². The zero-order valence-electron chi connectivity index (χ0n) is 10.7. The van der Waals surface area contributed by atoms with Crippen molar-refractivity contribution < 1.29 is 4.39 Å². The molecule has 18 heavy (non-hydrogen) atoms. The molecule has 0 unspecified atom stereocenters. The second-order valence-electron chi connectivity index (χ2n) is 4.71. The predicted molar refractivity (Wildman–Crippen MR) is 74.5 cm³/mol. The van der Waals surface area contributed by atoms with Crippen molar-refractivity contribution in [2.24, 2.45) is 0 Å². The van der Waals surface area contributed by atoms with Crippen molar-refractivity contribution >= 4 is 11.6 Å². The SMILES string of the molecule is Cc1[c]cc(Cl)c(C(C)C)c1-c1ccc(F)cc1. The van der Waals surface area contributed by atoms with Crippen molar-refractivity contribution in [1.29, 1.82) is 0 Å². The minimum absolute atomic E-state index is 0.228. The lowest BCUT2D eigenvalue weighted by molar-refractivity contribution is 0.628. The molecule has 93 valence electrons. The largest absolute Gasteiger partial charge is 0.207 e. The lowest BCUT2D eigenvalue weighted by Crippen LogP contribution is -1.97. The van der Waals surface area contributed by atoms with Crippen LogP contribution in [-0.4, -0.2) is 0 Å². The normalized spacial score (nSPS) is 11.0. The van der Waals surface area contributed by atoms with Gasteiger partial charge >= 0.3 is 0 Å². The van der Waals surface area contributed by atoms with E-state index in [9.17, 15) is 4.39 Å². The van der Waals surface area contributed by atoms with Crippen molar-refractivity contribution in [3.63, 3.8) is 0 Å². The van der Waals surface area contributed by atoms with Gasteiger partial charge in [0.1, 0.15) is 5.82 Å². The van der Waals surface area contributed by atoms with Gasteiger partial charge in [0.2, 0.25) is 0 Å². The van der Waals surface area contributed by atoms with E-state index in [1.807, 2.05) is 6.92 Å². The van der Waals surface area contributed by atoms with Gasteiger partial charge in [-0.25, -0.2) is 4.39 Å². The lowest BCUT2D eigenvalue weighted by atomic mass is 9.89. The molecule has 0 aliphatic rings. The van der Waals surface area contributed by atoms with Gasteiger partial charge in [-0.3, -0.25) is 0 Å². The number of halogens is 2. The monoisotopic (exact) mass is 261 g/mol. The molecule has 0 aliphatic carbocycles. The minimum Gasteiger partial charge on any atom is -0.207 e. The van der Waals surface area contributed by atoms with Crippen molar-refractivity contribution in [3.8, 4) is 11.1 Å². The van der Waals surface area contributed by atoms with Crippen LogP contribution < -0.4 is 0 Å². The Morgan fingerprint density at radius 2 is 1.78 bits per heavy atom. The maximum Gasteiger partial charge on any atom is 0.123 e. The van der Waals surface area contributed by atoms with Gasteiger partial charge in [0, 0.05) is 5.02 Å². The second kappa shape index (κ2) is 5.11. The van der Waals surface area contributed by atoms with E-state index in [1.165, 1.54) is 12.1 Å². The molecule has 0 nitrogen and oxygen atoms in total. The zero-order chi connectivity index (χ0) is 13.3. The summed E-state index contributed by atoms with van der Waals surface area (Å²) in [5.74, 6) is 0.0827. The first-order valence-corrected chi connectivity index (χ1v) is 6.35.